The number of benzene rings is 2. The van der Waals surface area contributed by atoms with Crippen molar-refractivity contribution in [1.29, 1.82) is 0 Å². The topological polar surface area (TPSA) is 47.9 Å². The Bertz CT molecular complexity index is 558. The molecule has 0 saturated carbocycles. The zero-order valence-electron chi connectivity index (χ0n) is 12.3. The Balaban J connectivity index is 1.58. The quantitative estimate of drug-likeness (QED) is 0.922. The second kappa shape index (κ2) is 7.51. The molecule has 1 fully saturated rings. The Kier molecular flexibility index (Phi) is 5.19. The van der Waals surface area contributed by atoms with Crippen molar-refractivity contribution in [3.63, 3.8) is 0 Å². The summed E-state index contributed by atoms with van der Waals surface area (Å²) >= 11 is 0. The maximum Gasteiger partial charge on any atom is 0.184 e. The minimum Gasteiger partial charge on any atom is -0.394 e. The highest BCUT2D eigenvalue weighted by Crippen LogP contribution is 2.27. The van der Waals surface area contributed by atoms with Crippen molar-refractivity contribution in [3.05, 3.63) is 71.8 Å². The fourth-order valence-electron chi connectivity index (χ4n) is 2.45. The molecule has 116 valence electrons. The van der Waals surface area contributed by atoms with Crippen molar-refractivity contribution < 1.29 is 19.3 Å². The van der Waals surface area contributed by atoms with Crippen LogP contribution < -0.4 is 0 Å². The van der Waals surface area contributed by atoms with Crippen LogP contribution in [0.3, 0.4) is 0 Å². The highest BCUT2D eigenvalue weighted by molar-refractivity contribution is 5.16. The first-order chi connectivity index (χ1) is 10.9. The summed E-state index contributed by atoms with van der Waals surface area (Å²) in [6.45, 7) is 0.786. The summed E-state index contributed by atoms with van der Waals surface area (Å²) in [6, 6.07) is 19.6. The molecule has 0 spiro atoms. The van der Waals surface area contributed by atoms with Crippen LogP contribution >= 0.6 is 0 Å². The van der Waals surface area contributed by atoms with Crippen LogP contribution in [0.2, 0.25) is 0 Å². The highest BCUT2D eigenvalue weighted by atomic mass is 16.7. The third-order valence-corrected chi connectivity index (χ3v) is 3.68. The summed E-state index contributed by atoms with van der Waals surface area (Å²) in [7, 11) is 0. The Morgan fingerprint density at radius 3 is 2.36 bits per heavy atom. The SMILES string of the molecule is OC[C@@H]1OC(c2ccccc2)OC[C@H]1OCc1ccccc1. The Labute approximate surface area is 130 Å². The number of hydrogen-bond donors (Lipinski definition) is 1. The molecule has 0 aliphatic carbocycles. The molecule has 1 N–H and O–H groups in total. The van der Waals surface area contributed by atoms with Gasteiger partial charge in [0.05, 0.1) is 19.8 Å². The van der Waals surface area contributed by atoms with Gasteiger partial charge in [-0.1, -0.05) is 60.7 Å². The molecule has 0 radical (unpaired) electrons. The van der Waals surface area contributed by atoms with Crippen LogP contribution in [0.15, 0.2) is 60.7 Å². The van der Waals surface area contributed by atoms with Crippen molar-refractivity contribution >= 4 is 0 Å². The van der Waals surface area contributed by atoms with Crippen molar-refractivity contribution in [2.24, 2.45) is 0 Å². The number of ether oxygens (including phenoxy) is 3. The van der Waals surface area contributed by atoms with Crippen molar-refractivity contribution in [3.8, 4) is 0 Å². The van der Waals surface area contributed by atoms with Gasteiger partial charge in [0.2, 0.25) is 0 Å². The fourth-order valence-corrected chi connectivity index (χ4v) is 2.45. The Morgan fingerprint density at radius 2 is 1.68 bits per heavy atom. The molecule has 0 bridgehead atoms. The van der Waals surface area contributed by atoms with Gasteiger partial charge in [0.1, 0.15) is 12.2 Å². The summed E-state index contributed by atoms with van der Waals surface area (Å²) in [5.74, 6) is 0. The van der Waals surface area contributed by atoms with Crippen LogP contribution in [0.5, 0.6) is 0 Å². The zero-order chi connectivity index (χ0) is 15.2. The standard InChI is InChI=1S/C18H20O4/c19-11-16-17(20-12-14-7-3-1-4-8-14)13-21-18(22-16)15-9-5-2-6-10-15/h1-10,16-19H,11-13H2/t16-,17+,18?/m0/s1. The second-order valence-electron chi connectivity index (χ2n) is 5.27. The summed E-state index contributed by atoms with van der Waals surface area (Å²) in [5, 5.41) is 9.56. The molecule has 0 aromatic heterocycles. The molecule has 4 heteroatoms. The zero-order valence-corrected chi connectivity index (χ0v) is 12.3. The van der Waals surface area contributed by atoms with E-state index in [-0.39, 0.29) is 18.8 Å². The van der Waals surface area contributed by atoms with Gasteiger partial charge in [-0.05, 0) is 5.56 Å². The monoisotopic (exact) mass is 300 g/mol. The number of aliphatic hydroxyl groups excluding tert-OH is 1. The average Bonchev–Trinajstić information content (AvgIpc) is 2.61. The van der Waals surface area contributed by atoms with E-state index in [9.17, 15) is 5.11 Å². The van der Waals surface area contributed by atoms with E-state index in [4.69, 9.17) is 14.2 Å². The number of rotatable bonds is 5. The van der Waals surface area contributed by atoms with Gasteiger partial charge >= 0.3 is 0 Å². The van der Waals surface area contributed by atoms with Crippen LogP contribution in [0.1, 0.15) is 17.4 Å². The van der Waals surface area contributed by atoms with Gasteiger partial charge in [-0.2, -0.15) is 0 Å². The molecule has 3 rings (SSSR count). The van der Waals surface area contributed by atoms with Crippen LogP contribution in [-0.2, 0) is 20.8 Å². The van der Waals surface area contributed by atoms with Crippen LogP contribution in [-0.4, -0.2) is 30.5 Å². The van der Waals surface area contributed by atoms with E-state index in [2.05, 4.69) is 0 Å². The molecular weight excluding hydrogens is 280 g/mol. The van der Waals surface area contributed by atoms with Gasteiger partial charge in [0.15, 0.2) is 6.29 Å². The number of hydrogen-bond acceptors (Lipinski definition) is 4. The molecular formula is C18H20O4. The van der Waals surface area contributed by atoms with Crippen molar-refractivity contribution in [1.82, 2.24) is 0 Å². The maximum absolute atomic E-state index is 9.56. The van der Waals surface area contributed by atoms with E-state index in [1.165, 1.54) is 0 Å². The molecule has 1 heterocycles. The number of aliphatic hydroxyl groups is 1. The predicted molar refractivity (Wildman–Crippen MR) is 82.1 cm³/mol. The smallest absolute Gasteiger partial charge is 0.184 e. The lowest BCUT2D eigenvalue weighted by atomic mass is 10.1. The van der Waals surface area contributed by atoms with Crippen LogP contribution in [0, 0.1) is 0 Å². The predicted octanol–water partition coefficient (Wildman–Crippen LogP) is 2.68. The van der Waals surface area contributed by atoms with E-state index in [1.54, 1.807) is 0 Å². The molecule has 22 heavy (non-hydrogen) atoms. The molecule has 1 unspecified atom stereocenters. The molecule has 3 atom stereocenters. The minimum absolute atomic E-state index is 0.0911. The van der Waals surface area contributed by atoms with Gasteiger partial charge in [-0.3, -0.25) is 0 Å². The largest absolute Gasteiger partial charge is 0.394 e. The van der Waals surface area contributed by atoms with Crippen LogP contribution in [0.25, 0.3) is 0 Å². The Morgan fingerprint density at radius 1 is 1.00 bits per heavy atom. The van der Waals surface area contributed by atoms with Gasteiger partial charge in [0, 0.05) is 5.56 Å². The van der Waals surface area contributed by atoms with E-state index < -0.39 is 6.29 Å². The molecule has 1 aliphatic heterocycles. The molecule has 2 aromatic carbocycles. The van der Waals surface area contributed by atoms with E-state index in [0.29, 0.717) is 13.2 Å². The first-order valence-electron chi connectivity index (χ1n) is 7.45. The van der Waals surface area contributed by atoms with E-state index in [0.717, 1.165) is 11.1 Å². The second-order valence-corrected chi connectivity index (χ2v) is 5.27. The summed E-state index contributed by atoms with van der Waals surface area (Å²) < 4.78 is 17.4. The molecule has 2 aromatic rings. The Hall–Kier alpha value is -1.72. The summed E-state index contributed by atoms with van der Waals surface area (Å²) in [5.41, 5.74) is 2.03. The maximum atomic E-state index is 9.56. The first kappa shape index (κ1) is 15.2. The van der Waals surface area contributed by atoms with Gasteiger partial charge in [-0.25, -0.2) is 0 Å². The minimum atomic E-state index is -0.449. The van der Waals surface area contributed by atoms with E-state index in [1.807, 2.05) is 60.7 Å². The third-order valence-electron chi connectivity index (χ3n) is 3.68. The first-order valence-corrected chi connectivity index (χ1v) is 7.45. The van der Waals surface area contributed by atoms with Gasteiger partial charge < -0.3 is 19.3 Å². The van der Waals surface area contributed by atoms with Gasteiger partial charge in [0.25, 0.3) is 0 Å². The molecule has 4 nitrogen and oxygen atoms in total. The molecule has 0 amide bonds. The van der Waals surface area contributed by atoms with E-state index >= 15 is 0 Å². The lowest BCUT2D eigenvalue weighted by Gasteiger charge is -2.35. The summed E-state index contributed by atoms with van der Waals surface area (Å²) in [4.78, 5) is 0. The summed E-state index contributed by atoms with van der Waals surface area (Å²) in [6.07, 6.45) is -1.11. The van der Waals surface area contributed by atoms with Gasteiger partial charge in [-0.15, -0.1) is 0 Å². The average molecular weight is 300 g/mol. The normalized spacial score (nSPS) is 25.0. The third kappa shape index (κ3) is 3.72. The van der Waals surface area contributed by atoms with Crippen molar-refractivity contribution in [2.45, 2.75) is 25.1 Å². The molecule has 1 aliphatic rings. The lowest BCUT2D eigenvalue weighted by Crippen LogP contribution is -2.44. The molecule has 1 saturated heterocycles. The van der Waals surface area contributed by atoms with Crippen LogP contribution in [0.4, 0.5) is 0 Å². The lowest BCUT2D eigenvalue weighted by molar-refractivity contribution is -0.273. The van der Waals surface area contributed by atoms with Crippen molar-refractivity contribution in [2.75, 3.05) is 13.2 Å². The fraction of sp³-hybridized carbons (Fsp3) is 0.333. The highest BCUT2D eigenvalue weighted by Gasteiger charge is 2.33.